The Kier molecular flexibility index (Phi) is 4.73. The third kappa shape index (κ3) is 3.49. The highest BCUT2D eigenvalue weighted by Gasteiger charge is 2.46. The van der Waals surface area contributed by atoms with Gasteiger partial charge in [-0.3, -0.25) is 0 Å². The van der Waals surface area contributed by atoms with Crippen molar-refractivity contribution in [1.29, 1.82) is 0 Å². The monoisotopic (exact) mass is 349 g/mol. The SMILES string of the molecule is CC(C)[C@H]1COC(c2ccc(C3O[C@@H](C(=O)O)[C@H](C(=O)O)O3)cc2)=N1. The molecule has 0 spiro atoms. The van der Waals surface area contributed by atoms with E-state index in [-0.39, 0.29) is 6.04 Å². The van der Waals surface area contributed by atoms with Gasteiger partial charge in [-0.05, 0) is 18.1 Å². The van der Waals surface area contributed by atoms with E-state index in [4.69, 9.17) is 24.4 Å². The molecule has 0 saturated carbocycles. The fourth-order valence-electron chi connectivity index (χ4n) is 2.65. The second-order valence-corrected chi connectivity index (χ2v) is 6.30. The summed E-state index contributed by atoms with van der Waals surface area (Å²) >= 11 is 0. The molecule has 3 rings (SSSR count). The largest absolute Gasteiger partial charge is 0.479 e. The molecule has 0 radical (unpaired) electrons. The molecule has 2 heterocycles. The Hall–Kier alpha value is -2.45. The number of hydrogen-bond donors (Lipinski definition) is 2. The number of hydrogen-bond acceptors (Lipinski definition) is 6. The molecule has 8 nitrogen and oxygen atoms in total. The van der Waals surface area contributed by atoms with Gasteiger partial charge in [0, 0.05) is 11.1 Å². The lowest BCUT2D eigenvalue weighted by molar-refractivity contribution is -0.156. The van der Waals surface area contributed by atoms with E-state index in [0.717, 1.165) is 5.56 Å². The number of aliphatic imine (C=N–C) groups is 1. The maximum atomic E-state index is 11.1. The van der Waals surface area contributed by atoms with E-state index < -0.39 is 30.4 Å². The molecule has 134 valence electrons. The maximum absolute atomic E-state index is 11.1. The lowest BCUT2D eigenvalue weighted by Crippen LogP contribution is -2.36. The van der Waals surface area contributed by atoms with Gasteiger partial charge in [-0.15, -0.1) is 0 Å². The standard InChI is InChI=1S/C17H19NO7/c1-8(2)11-7-23-14(18-11)9-3-5-10(6-4-9)17-24-12(15(19)20)13(25-17)16(21)22/h3-6,8,11-13,17H,7H2,1-2H3,(H,19,20)(H,21,22)/t11-,12-,13-/m1/s1. The van der Waals surface area contributed by atoms with E-state index >= 15 is 0 Å². The average Bonchev–Trinajstić information content (AvgIpc) is 3.22. The summed E-state index contributed by atoms with van der Waals surface area (Å²) in [7, 11) is 0. The third-order valence-electron chi connectivity index (χ3n) is 4.18. The van der Waals surface area contributed by atoms with E-state index in [2.05, 4.69) is 18.8 Å². The van der Waals surface area contributed by atoms with Crippen LogP contribution in [-0.4, -0.2) is 52.9 Å². The first-order valence-electron chi connectivity index (χ1n) is 7.94. The highest BCUT2D eigenvalue weighted by Crippen LogP contribution is 2.32. The first-order valence-corrected chi connectivity index (χ1v) is 7.94. The van der Waals surface area contributed by atoms with Crippen LogP contribution in [0.15, 0.2) is 29.3 Å². The Morgan fingerprint density at radius 2 is 1.64 bits per heavy atom. The molecule has 2 aliphatic rings. The van der Waals surface area contributed by atoms with Gasteiger partial charge in [-0.25, -0.2) is 14.6 Å². The highest BCUT2D eigenvalue weighted by molar-refractivity contribution is 5.95. The molecule has 1 saturated heterocycles. The number of carboxylic acids is 2. The number of aliphatic carboxylic acids is 2. The summed E-state index contributed by atoms with van der Waals surface area (Å²) in [5, 5.41) is 18.1. The Morgan fingerprint density at radius 3 is 2.08 bits per heavy atom. The van der Waals surface area contributed by atoms with Crippen molar-refractivity contribution in [3.05, 3.63) is 35.4 Å². The zero-order chi connectivity index (χ0) is 18.1. The van der Waals surface area contributed by atoms with Crippen LogP contribution in [0.25, 0.3) is 0 Å². The summed E-state index contributed by atoms with van der Waals surface area (Å²) in [4.78, 5) is 26.7. The Morgan fingerprint density at radius 1 is 1.08 bits per heavy atom. The van der Waals surface area contributed by atoms with Crippen LogP contribution in [0.5, 0.6) is 0 Å². The van der Waals surface area contributed by atoms with Gasteiger partial charge in [0.15, 0.2) is 18.5 Å². The number of rotatable bonds is 5. The van der Waals surface area contributed by atoms with Crippen LogP contribution >= 0.6 is 0 Å². The lowest BCUT2D eigenvalue weighted by atomic mass is 10.1. The van der Waals surface area contributed by atoms with Crippen molar-refractivity contribution >= 4 is 17.8 Å². The quantitative estimate of drug-likeness (QED) is 0.826. The molecule has 3 atom stereocenters. The Labute approximate surface area is 144 Å². The molecule has 8 heteroatoms. The number of ether oxygens (including phenoxy) is 3. The van der Waals surface area contributed by atoms with Gasteiger partial charge < -0.3 is 24.4 Å². The minimum absolute atomic E-state index is 0.129. The fourth-order valence-corrected chi connectivity index (χ4v) is 2.65. The van der Waals surface area contributed by atoms with Crippen LogP contribution in [0, 0.1) is 5.92 Å². The maximum Gasteiger partial charge on any atom is 0.336 e. The van der Waals surface area contributed by atoms with Crippen molar-refractivity contribution in [1.82, 2.24) is 0 Å². The molecular weight excluding hydrogens is 330 g/mol. The van der Waals surface area contributed by atoms with E-state index in [1.807, 2.05) is 0 Å². The second kappa shape index (κ2) is 6.81. The molecule has 1 fully saturated rings. The minimum Gasteiger partial charge on any atom is -0.479 e. The van der Waals surface area contributed by atoms with Gasteiger partial charge in [0.25, 0.3) is 0 Å². The van der Waals surface area contributed by atoms with Gasteiger partial charge in [-0.2, -0.15) is 0 Å². The molecule has 2 N–H and O–H groups in total. The van der Waals surface area contributed by atoms with Crippen molar-refractivity contribution in [3.63, 3.8) is 0 Å². The van der Waals surface area contributed by atoms with Crippen LogP contribution < -0.4 is 0 Å². The Balaban J connectivity index is 1.74. The molecule has 0 aliphatic carbocycles. The van der Waals surface area contributed by atoms with Crippen molar-refractivity contribution in [2.24, 2.45) is 10.9 Å². The molecule has 0 bridgehead atoms. The molecule has 0 unspecified atom stereocenters. The van der Waals surface area contributed by atoms with Crippen molar-refractivity contribution < 1.29 is 34.0 Å². The molecule has 1 aromatic rings. The summed E-state index contributed by atoms with van der Waals surface area (Å²) in [5.74, 6) is -1.80. The van der Waals surface area contributed by atoms with Crippen LogP contribution in [0.4, 0.5) is 0 Å². The number of carboxylic acid groups (broad SMARTS) is 2. The van der Waals surface area contributed by atoms with Crippen LogP contribution in [0.2, 0.25) is 0 Å². The summed E-state index contributed by atoms with van der Waals surface area (Å²) < 4.78 is 16.1. The molecule has 25 heavy (non-hydrogen) atoms. The van der Waals surface area contributed by atoms with E-state index in [1.54, 1.807) is 24.3 Å². The third-order valence-corrected chi connectivity index (χ3v) is 4.18. The number of benzene rings is 1. The summed E-state index contributed by atoms with van der Waals surface area (Å²) in [6.45, 7) is 4.70. The van der Waals surface area contributed by atoms with Crippen molar-refractivity contribution in [2.75, 3.05) is 6.61 Å². The first-order chi connectivity index (χ1) is 11.9. The zero-order valence-corrected chi connectivity index (χ0v) is 13.8. The fraction of sp³-hybridized carbons (Fsp3) is 0.471. The van der Waals surface area contributed by atoms with Crippen LogP contribution in [-0.2, 0) is 23.8 Å². The first kappa shape index (κ1) is 17.4. The predicted octanol–water partition coefficient (Wildman–Crippen LogP) is 1.44. The van der Waals surface area contributed by atoms with E-state index in [9.17, 15) is 9.59 Å². The van der Waals surface area contributed by atoms with Gasteiger partial charge >= 0.3 is 11.9 Å². The van der Waals surface area contributed by atoms with E-state index in [1.165, 1.54) is 0 Å². The van der Waals surface area contributed by atoms with Gasteiger partial charge in [0.05, 0.1) is 6.04 Å². The average molecular weight is 349 g/mol. The van der Waals surface area contributed by atoms with E-state index in [0.29, 0.717) is 24.0 Å². The van der Waals surface area contributed by atoms with Crippen LogP contribution in [0.3, 0.4) is 0 Å². The number of carbonyl (C=O) groups is 2. The summed E-state index contributed by atoms with van der Waals surface area (Å²) in [6.07, 6.45) is -4.14. The van der Waals surface area contributed by atoms with Gasteiger partial charge in [0.2, 0.25) is 5.90 Å². The summed E-state index contributed by atoms with van der Waals surface area (Å²) in [6, 6.07) is 7.00. The smallest absolute Gasteiger partial charge is 0.336 e. The second-order valence-electron chi connectivity index (χ2n) is 6.30. The van der Waals surface area contributed by atoms with Crippen molar-refractivity contribution in [3.8, 4) is 0 Å². The normalized spacial score (nSPS) is 26.5. The lowest BCUT2D eigenvalue weighted by Gasteiger charge is -2.10. The summed E-state index contributed by atoms with van der Waals surface area (Å²) in [5.41, 5.74) is 1.31. The predicted molar refractivity (Wildman–Crippen MR) is 85.3 cm³/mol. The molecule has 0 aromatic heterocycles. The van der Waals surface area contributed by atoms with Gasteiger partial charge in [0.1, 0.15) is 6.61 Å². The van der Waals surface area contributed by atoms with Gasteiger partial charge in [-0.1, -0.05) is 26.0 Å². The number of nitrogens with zero attached hydrogens (tertiary/aromatic N) is 1. The molecule has 1 aromatic carbocycles. The minimum atomic E-state index is -1.54. The Bertz CT molecular complexity index is 675. The highest BCUT2D eigenvalue weighted by atomic mass is 16.7. The van der Waals surface area contributed by atoms with Crippen LogP contribution in [0.1, 0.15) is 31.3 Å². The zero-order valence-electron chi connectivity index (χ0n) is 13.8. The van der Waals surface area contributed by atoms with Crippen molar-refractivity contribution in [2.45, 2.75) is 38.4 Å². The molecule has 2 aliphatic heterocycles. The molecular formula is C17H19NO7. The molecule has 0 amide bonds. The topological polar surface area (TPSA) is 115 Å².